The Bertz CT molecular complexity index is 258. The van der Waals surface area contributed by atoms with Crippen LogP contribution in [0.5, 0.6) is 0 Å². The van der Waals surface area contributed by atoms with Gasteiger partial charge in [-0.15, -0.1) is 0 Å². The van der Waals surface area contributed by atoms with Crippen LogP contribution < -0.4 is 5.32 Å². The number of piperidine rings is 1. The van der Waals surface area contributed by atoms with Gasteiger partial charge in [0, 0.05) is 25.6 Å². The molecule has 4 heteroatoms. The highest BCUT2D eigenvalue weighted by molar-refractivity contribution is 5.79. The maximum absolute atomic E-state index is 12.3. The molecular weight excluding hydrogens is 216 g/mol. The summed E-state index contributed by atoms with van der Waals surface area (Å²) < 4.78 is 5.60. The van der Waals surface area contributed by atoms with Gasteiger partial charge in [-0.2, -0.15) is 0 Å². The summed E-state index contributed by atoms with van der Waals surface area (Å²) in [6.45, 7) is 8.63. The molecular formula is C13H24N2O2. The second kappa shape index (κ2) is 5.83. The third-order valence-corrected chi connectivity index (χ3v) is 4.07. The van der Waals surface area contributed by atoms with Crippen molar-refractivity contribution >= 4 is 5.91 Å². The number of ether oxygens (including phenoxy) is 1. The van der Waals surface area contributed by atoms with E-state index in [2.05, 4.69) is 12.2 Å². The molecule has 2 heterocycles. The highest BCUT2D eigenvalue weighted by Gasteiger charge is 2.33. The molecule has 0 aromatic heterocycles. The lowest BCUT2D eigenvalue weighted by atomic mass is 9.87. The number of rotatable bonds is 4. The normalized spacial score (nSPS) is 24.5. The third kappa shape index (κ3) is 2.99. The predicted octanol–water partition coefficient (Wildman–Crippen LogP) is 0.869. The molecule has 2 fully saturated rings. The van der Waals surface area contributed by atoms with E-state index in [1.807, 2.05) is 11.8 Å². The Hall–Kier alpha value is -0.610. The van der Waals surface area contributed by atoms with Gasteiger partial charge >= 0.3 is 0 Å². The second-order valence-electron chi connectivity index (χ2n) is 5.19. The van der Waals surface area contributed by atoms with Gasteiger partial charge in [-0.1, -0.05) is 6.92 Å². The van der Waals surface area contributed by atoms with Crippen LogP contribution in [0.3, 0.4) is 0 Å². The van der Waals surface area contributed by atoms with E-state index >= 15 is 0 Å². The topological polar surface area (TPSA) is 41.6 Å². The lowest BCUT2D eigenvalue weighted by molar-refractivity contribution is -0.140. The largest absolute Gasteiger partial charge is 0.378 e. The maximum atomic E-state index is 12.3. The first-order valence-electron chi connectivity index (χ1n) is 6.83. The summed E-state index contributed by atoms with van der Waals surface area (Å²) in [7, 11) is 0. The summed E-state index contributed by atoms with van der Waals surface area (Å²) in [5.41, 5.74) is 0. The molecule has 98 valence electrons. The van der Waals surface area contributed by atoms with Crippen LogP contribution in [0, 0.1) is 11.8 Å². The molecule has 0 bridgehead atoms. The van der Waals surface area contributed by atoms with Crippen LogP contribution in [0.25, 0.3) is 0 Å². The van der Waals surface area contributed by atoms with Crippen LogP contribution in [-0.4, -0.2) is 49.7 Å². The van der Waals surface area contributed by atoms with Crippen LogP contribution in [0.4, 0.5) is 0 Å². The van der Waals surface area contributed by atoms with Crippen molar-refractivity contribution in [1.82, 2.24) is 10.2 Å². The lowest BCUT2D eigenvalue weighted by Crippen LogP contribution is -2.52. The monoisotopic (exact) mass is 240 g/mol. The van der Waals surface area contributed by atoms with E-state index in [0.29, 0.717) is 17.9 Å². The third-order valence-electron chi connectivity index (χ3n) is 4.07. The number of carbonyl (C=O) groups excluding carboxylic acids is 1. The molecule has 17 heavy (non-hydrogen) atoms. The lowest BCUT2D eigenvalue weighted by Gasteiger charge is -2.37. The first kappa shape index (κ1) is 12.8. The van der Waals surface area contributed by atoms with Crippen LogP contribution in [0.2, 0.25) is 0 Å². The van der Waals surface area contributed by atoms with Crippen molar-refractivity contribution in [2.24, 2.45) is 11.8 Å². The summed E-state index contributed by atoms with van der Waals surface area (Å²) >= 11 is 0. The number of amides is 1. The molecule has 0 aromatic carbocycles. The molecule has 1 atom stereocenters. The summed E-state index contributed by atoms with van der Waals surface area (Å²) in [4.78, 5) is 14.3. The Morgan fingerprint density at radius 2 is 2.06 bits per heavy atom. The fourth-order valence-electron chi connectivity index (χ4n) is 2.63. The molecule has 2 saturated heterocycles. The molecule has 1 amide bonds. The Balaban J connectivity index is 1.77. The van der Waals surface area contributed by atoms with Crippen molar-refractivity contribution in [3.8, 4) is 0 Å². The predicted molar refractivity (Wildman–Crippen MR) is 66.8 cm³/mol. The van der Waals surface area contributed by atoms with Crippen molar-refractivity contribution in [3.05, 3.63) is 0 Å². The van der Waals surface area contributed by atoms with Gasteiger partial charge in [0.05, 0.1) is 6.10 Å². The minimum atomic E-state index is 0.180. The molecule has 4 nitrogen and oxygen atoms in total. The molecule has 0 aromatic rings. The summed E-state index contributed by atoms with van der Waals surface area (Å²) in [6, 6.07) is 0. The van der Waals surface area contributed by atoms with Crippen LogP contribution in [0.1, 0.15) is 26.7 Å². The molecule has 0 aliphatic carbocycles. The standard InChI is InChI=1S/C13H24N2O2/c1-3-17-12-4-6-15(7-5-12)13(16)10(2)11-8-14-9-11/h10-12,14H,3-9H2,1-2H3. The van der Waals surface area contributed by atoms with Crippen LogP contribution >= 0.6 is 0 Å². The number of hydrogen-bond donors (Lipinski definition) is 1. The quantitative estimate of drug-likeness (QED) is 0.793. The second-order valence-corrected chi connectivity index (χ2v) is 5.19. The zero-order valence-corrected chi connectivity index (χ0v) is 10.9. The van der Waals surface area contributed by atoms with Crippen molar-refractivity contribution in [2.45, 2.75) is 32.8 Å². The van der Waals surface area contributed by atoms with Crippen LogP contribution in [0.15, 0.2) is 0 Å². The molecule has 1 N–H and O–H groups in total. The van der Waals surface area contributed by atoms with Gasteiger partial charge in [-0.05, 0) is 38.8 Å². The van der Waals surface area contributed by atoms with Crippen molar-refractivity contribution in [2.75, 3.05) is 32.8 Å². The van der Waals surface area contributed by atoms with E-state index in [0.717, 1.165) is 45.6 Å². The Labute approximate surface area is 104 Å². The minimum Gasteiger partial charge on any atom is -0.378 e. The Kier molecular flexibility index (Phi) is 4.40. The van der Waals surface area contributed by atoms with E-state index in [1.165, 1.54) is 0 Å². The SMILES string of the molecule is CCOC1CCN(C(=O)C(C)C2CNC2)CC1. The van der Waals surface area contributed by atoms with Gasteiger partial charge in [0.1, 0.15) is 0 Å². The number of nitrogens with one attached hydrogen (secondary N) is 1. The summed E-state index contributed by atoms with van der Waals surface area (Å²) in [5.74, 6) is 1.07. The van der Waals surface area contributed by atoms with Crippen molar-refractivity contribution < 1.29 is 9.53 Å². The summed E-state index contributed by atoms with van der Waals surface area (Å²) in [6.07, 6.45) is 2.36. The fourth-order valence-corrected chi connectivity index (χ4v) is 2.63. The van der Waals surface area contributed by atoms with Crippen molar-refractivity contribution in [1.29, 1.82) is 0 Å². The van der Waals surface area contributed by atoms with E-state index < -0.39 is 0 Å². The average Bonchev–Trinajstić information content (AvgIpc) is 2.27. The maximum Gasteiger partial charge on any atom is 0.225 e. The van der Waals surface area contributed by atoms with Crippen LogP contribution in [-0.2, 0) is 9.53 Å². The molecule has 0 radical (unpaired) electrons. The highest BCUT2D eigenvalue weighted by atomic mass is 16.5. The minimum absolute atomic E-state index is 0.180. The number of nitrogens with zero attached hydrogens (tertiary/aromatic N) is 1. The van der Waals surface area contributed by atoms with Gasteiger partial charge in [0.25, 0.3) is 0 Å². The van der Waals surface area contributed by atoms with Gasteiger partial charge < -0.3 is 15.0 Å². The Morgan fingerprint density at radius 3 is 2.53 bits per heavy atom. The highest BCUT2D eigenvalue weighted by Crippen LogP contribution is 2.21. The molecule has 2 aliphatic rings. The molecule has 0 saturated carbocycles. The van der Waals surface area contributed by atoms with E-state index in [-0.39, 0.29) is 5.92 Å². The zero-order chi connectivity index (χ0) is 12.3. The van der Waals surface area contributed by atoms with Crippen molar-refractivity contribution in [3.63, 3.8) is 0 Å². The van der Waals surface area contributed by atoms with E-state index in [4.69, 9.17) is 4.74 Å². The van der Waals surface area contributed by atoms with Gasteiger partial charge in [-0.3, -0.25) is 4.79 Å². The molecule has 2 aliphatic heterocycles. The van der Waals surface area contributed by atoms with Gasteiger partial charge in [0.15, 0.2) is 0 Å². The number of likely N-dealkylation sites (tertiary alicyclic amines) is 1. The van der Waals surface area contributed by atoms with E-state index in [1.54, 1.807) is 0 Å². The Morgan fingerprint density at radius 1 is 1.41 bits per heavy atom. The zero-order valence-electron chi connectivity index (χ0n) is 10.9. The van der Waals surface area contributed by atoms with Gasteiger partial charge in [0.2, 0.25) is 5.91 Å². The first-order chi connectivity index (χ1) is 8.22. The molecule has 1 unspecified atom stereocenters. The summed E-state index contributed by atoms with van der Waals surface area (Å²) in [5, 5.41) is 3.23. The van der Waals surface area contributed by atoms with Gasteiger partial charge in [-0.25, -0.2) is 0 Å². The molecule has 2 rings (SSSR count). The number of hydrogen-bond acceptors (Lipinski definition) is 3. The first-order valence-corrected chi connectivity index (χ1v) is 6.83. The smallest absolute Gasteiger partial charge is 0.225 e. The average molecular weight is 240 g/mol. The van der Waals surface area contributed by atoms with E-state index in [9.17, 15) is 4.79 Å². The fraction of sp³-hybridized carbons (Fsp3) is 0.923. The molecule has 0 spiro atoms. The number of carbonyl (C=O) groups is 1.